The minimum absolute atomic E-state index is 0. The molecule has 0 saturated carbocycles. The predicted molar refractivity (Wildman–Crippen MR) is 46.4 cm³/mol. The number of halogens is 3. The predicted octanol–water partition coefficient (Wildman–Crippen LogP) is 2.69. The summed E-state index contributed by atoms with van der Waals surface area (Å²) in [6, 6.07) is 3.78. The molecular formula is C5H6BrCl2N. The summed E-state index contributed by atoms with van der Waals surface area (Å²) in [5.74, 6) is 0. The Labute approximate surface area is 74.8 Å². The molecule has 4 heteroatoms. The zero-order valence-electron chi connectivity index (χ0n) is 4.45. The summed E-state index contributed by atoms with van der Waals surface area (Å²) in [7, 11) is 0. The van der Waals surface area contributed by atoms with Crippen LogP contribution >= 0.6 is 40.7 Å². The van der Waals surface area contributed by atoms with Crippen LogP contribution in [0.25, 0.3) is 0 Å². The molecule has 0 atom stereocenters. The van der Waals surface area contributed by atoms with Crippen molar-refractivity contribution in [3.8, 4) is 0 Å². The Bertz CT molecular complexity index is 145. The molecule has 0 fully saturated rings. The van der Waals surface area contributed by atoms with E-state index in [9.17, 15) is 0 Å². The summed E-state index contributed by atoms with van der Waals surface area (Å²) in [5, 5.41) is 0. The quantitative estimate of drug-likeness (QED) is 0.668. The average molecular weight is 231 g/mol. The molecule has 1 aromatic rings. The average Bonchev–Trinajstić information content (AvgIpc) is 1.69. The Morgan fingerprint density at radius 3 is 1.78 bits per heavy atom. The number of aromatic nitrogens is 1. The van der Waals surface area contributed by atoms with E-state index < -0.39 is 0 Å². The van der Waals surface area contributed by atoms with Gasteiger partial charge in [0.2, 0.25) is 0 Å². The summed E-state index contributed by atoms with van der Waals surface area (Å²) in [6.45, 7) is 0. The summed E-state index contributed by atoms with van der Waals surface area (Å²) in [6.07, 6.45) is 3.48. The molecule has 52 valence electrons. The second-order valence-corrected chi connectivity index (χ2v) is 2.08. The van der Waals surface area contributed by atoms with E-state index in [4.69, 9.17) is 0 Å². The summed E-state index contributed by atoms with van der Waals surface area (Å²) in [5.41, 5.74) is 0. The second-order valence-electron chi connectivity index (χ2n) is 1.17. The first-order valence-electron chi connectivity index (χ1n) is 1.95. The van der Waals surface area contributed by atoms with Crippen LogP contribution in [0.5, 0.6) is 0 Å². The topological polar surface area (TPSA) is 12.9 Å². The van der Waals surface area contributed by atoms with Crippen molar-refractivity contribution in [2.24, 2.45) is 0 Å². The maximum absolute atomic E-state index is 3.82. The number of rotatable bonds is 0. The third-order valence-electron chi connectivity index (χ3n) is 0.640. The van der Waals surface area contributed by atoms with E-state index in [1.807, 2.05) is 12.1 Å². The first-order chi connectivity index (χ1) is 3.39. The lowest BCUT2D eigenvalue weighted by Crippen LogP contribution is -1.63. The molecule has 1 heterocycles. The van der Waals surface area contributed by atoms with Crippen LogP contribution in [0.1, 0.15) is 0 Å². The van der Waals surface area contributed by atoms with E-state index in [1.165, 1.54) is 0 Å². The fourth-order valence-corrected chi connectivity index (χ4v) is 0.570. The van der Waals surface area contributed by atoms with Gasteiger partial charge in [0, 0.05) is 16.9 Å². The molecule has 0 N–H and O–H groups in total. The maximum Gasteiger partial charge on any atom is 0.0279 e. The van der Waals surface area contributed by atoms with E-state index in [-0.39, 0.29) is 24.8 Å². The van der Waals surface area contributed by atoms with Crippen LogP contribution in [0.4, 0.5) is 0 Å². The van der Waals surface area contributed by atoms with Crippen LogP contribution in [-0.4, -0.2) is 4.98 Å². The van der Waals surface area contributed by atoms with Crippen LogP contribution in [0.3, 0.4) is 0 Å². The van der Waals surface area contributed by atoms with Crippen molar-refractivity contribution >= 4 is 40.7 Å². The minimum atomic E-state index is 0. The van der Waals surface area contributed by atoms with E-state index in [0.29, 0.717) is 0 Å². The fraction of sp³-hybridized carbons (Fsp3) is 0. The molecule has 1 rings (SSSR count). The molecule has 0 spiro atoms. The number of nitrogens with zero attached hydrogens (tertiary/aromatic N) is 1. The standard InChI is InChI=1S/C5H4BrN.2ClH/c6-5-1-3-7-4-2-5;;/h1-4H;2*1H. The molecule has 0 aliphatic carbocycles. The summed E-state index contributed by atoms with van der Waals surface area (Å²) >= 11 is 3.27. The minimum Gasteiger partial charge on any atom is -0.265 e. The zero-order chi connectivity index (χ0) is 5.11. The van der Waals surface area contributed by atoms with Crippen molar-refractivity contribution in [1.82, 2.24) is 4.98 Å². The Morgan fingerprint density at radius 1 is 1.11 bits per heavy atom. The van der Waals surface area contributed by atoms with Crippen molar-refractivity contribution in [1.29, 1.82) is 0 Å². The van der Waals surface area contributed by atoms with E-state index >= 15 is 0 Å². The zero-order valence-corrected chi connectivity index (χ0v) is 7.67. The highest BCUT2D eigenvalue weighted by molar-refractivity contribution is 9.10. The first kappa shape index (κ1) is 11.9. The number of hydrogen-bond acceptors (Lipinski definition) is 1. The third kappa shape index (κ3) is 4.70. The molecule has 0 saturated heterocycles. The monoisotopic (exact) mass is 229 g/mol. The Balaban J connectivity index is 0. The lowest BCUT2D eigenvalue weighted by molar-refractivity contribution is 1.32. The molecule has 0 aliphatic rings. The fourth-order valence-electron chi connectivity index (χ4n) is 0.334. The lowest BCUT2D eigenvalue weighted by Gasteiger charge is -1.80. The van der Waals surface area contributed by atoms with E-state index in [0.717, 1.165) is 4.47 Å². The van der Waals surface area contributed by atoms with Gasteiger partial charge in [-0.05, 0) is 12.1 Å². The van der Waals surface area contributed by atoms with Gasteiger partial charge in [-0.1, -0.05) is 15.9 Å². The molecule has 0 unspecified atom stereocenters. The van der Waals surface area contributed by atoms with Gasteiger partial charge in [-0.3, -0.25) is 4.98 Å². The van der Waals surface area contributed by atoms with Gasteiger partial charge in [-0.2, -0.15) is 0 Å². The van der Waals surface area contributed by atoms with Crippen LogP contribution in [0, 0.1) is 0 Å². The van der Waals surface area contributed by atoms with Gasteiger partial charge in [0.15, 0.2) is 0 Å². The number of hydrogen-bond donors (Lipinski definition) is 0. The second kappa shape index (κ2) is 6.33. The van der Waals surface area contributed by atoms with Gasteiger partial charge in [0.05, 0.1) is 0 Å². The molecular weight excluding hydrogens is 225 g/mol. The van der Waals surface area contributed by atoms with Gasteiger partial charge in [0.1, 0.15) is 0 Å². The van der Waals surface area contributed by atoms with Gasteiger partial charge in [-0.25, -0.2) is 0 Å². The highest BCUT2D eigenvalue weighted by Gasteiger charge is 1.75. The van der Waals surface area contributed by atoms with Crippen molar-refractivity contribution in [2.45, 2.75) is 0 Å². The molecule has 1 nitrogen and oxygen atoms in total. The maximum atomic E-state index is 3.82. The normalized spacial score (nSPS) is 6.78. The van der Waals surface area contributed by atoms with Gasteiger partial charge < -0.3 is 0 Å². The van der Waals surface area contributed by atoms with Gasteiger partial charge >= 0.3 is 0 Å². The summed E-state index contributed by atoms with van der Waals surface area (Å²) in [4.78, 5) is 3.82. The van der Waals surface area contributed by atoms with E-state index in [2.05, 4.69) is 20.9 Å². The van der Waals surface area contributed by atoms with Crippen LogP contribution in [0.2, 0.25) is 0 Å². The Morgan fingerprint density at radius 2 is 1.56 bits per heavy atom. The largest absolute Gasteiger partial charge is 0.265 e. The molecule has 1 aromatic heterocycles. The first-order valence-corrected chi connectivity index (χ1v) is 2.74. The van der Waals surface area contributed by atoms with Crippen molar-refractivity contribution in [3.63, 3.8) is 0 Å². The van der Waals surface area contributed by atoms with Crippen molar-refractivity contribution < 1.29 is 0 Å². The van der Waals surface area contributed by atoms with Crippen molar-refractivity contribution in [3.05, 3.63) is 29.0 Å². The highest BCUT2D eigenvalue weighted by atomic mass is 79.9. The molecule has 0 radical (unpaired) electrons. The van der Waals surface area contributed by atoms with Gasteiger partial charge in [0.25, 0.3) is 0 Å². The molecule has 0 aliphatic heterocycles. The Kier molecular flexibility index (Phi) is 8.40. The SMILES string of the molecule is Brc1ccncc1.Cl.Cl. The van der Waals surface area contributed by atoms with E-state index in [1.54, 1.807) is 12.4 Å². The van der Waals surface area contributed by atoms with Crippen molar-refractivity contribution in [2.75, 3.05) is 0 Å². The van der Waals surface area contributed by atoms with Crippen LogP contribution < -0.4 is 0 Å². The Hall–Kier alpha value is 0.210. The number of pyridine rings is 1. The molecule has 9 heavy (non-hydrogen) atoms. The molecule has 0 amide bonds. The lowest BCUT2D eigenvalue weighted by atomic mass is 10.5. The summed E-state index contributed by atoms with van der Waals surface area (Å²) < 4.78 is 1.07. The molecule has 0 bridgehead atoms. The smallest absolute Gasteiger partial charge is 0.0279 e. The van der Waals surface area contributed by atoms with Gasteiger partial charge in [-0.15, -0.1) is 24.8 Å². The van der Waals surface area contributed by atoms with Crippen LogP contribution in [-0.2, 0) is 0 Å². The third-order valence-corrected chi connectivity index (χ3v) is 1.17. The van der Waals surface area contributed by atoms with Crippen LogP contribution in [0.15, 0.2) is 29.0 Å². The molecule has 0 aromatic carbocycles. The highest BCUT2D eigenvalue weighted by Crippen LogP contribution is 2.03.